The van der Waals surface area contributed by atoms with E-state index < -0.39 is 0 Å². The van der Waals surface area contributed by atoms with Crippen molar-refractivity contribution in [2.75, 3.05) is 0 Å². The van der Waals surface area contributed by atoms with E-state index in [4.69, 9.17) is 0 Å². The highest BCUT2D eigenvalue weighted by Crippen LogP contribution is 2.23. The van der Waals surface area contributed by atoms with Crippen molar-refractivity contribution in [3.63, 3.8) is 0 Å². The van der Waals surface area contributed by atoms with Crippen molar-refractivity contribution < 1.29 is 4.79 Å². The summed E-state index contributed by atoms with van der Waals surface area (Å²) in [5, 5.41) is 0. The zero-order valence-corrected chi connectivity index (χ0v) is 11.7. The van der Waals surface area contributed by atoms with Crippen molar-refractivity contribution in [3.8, 4) is 11.3 Å². The summed E-state index contributed by atoms with van der Waals surface area (Å²) in [6.07, 6.45) is 0. The van der Waals surface area contributed by atoms with Crippen molar-refractivity contribution in [2.24, 2.45) is 7.05 Å². The molecule has 0 aliphatic carbocycles. The maximum atomic E-state index is 12.1. The predicted molar refractivity (Wildman–Crippen MR) is 76.6 cm³/mol. The normalized spacial score (nSPS) is 10.5. The Labute approximate surface area is 112 Å². The first kappa shape index (κ1) is 13.3. The molecule has 19 heavy (non-hydrogen) atoms. The second kappa shape index (κ2) is 4.84. The van der Waals surface area contributed by atoms with E-state index in [1.54, 1.807) is 13.1 Å². The van der Waals surface area contributed by atoms with E-state index in [9.17, 15) is 9.59 Å². The fourth-order valence-electron chi connectivity index (χ4n) is 2.27. The summed E-state index contributed by atoms with van der Waals surface area (Å²) >= 11 is 0. The van der Waals surface area contributed by atoms with E-state index in [0.717, 1.165) is 16.8 Å². The van der Waals surface area contributed by atoms with Crippen LogP contribution >= 0.6 is 0 Å². The molecule has 98 valence electrons. The van der Waals surface area contributed by atoms with Crippen LogP contribution in [-0.2, 0) is 7.05 Å². The number of hydrogen-bond acceptors (Lipinski definition) is 2. The van der Waals surface area contributed by atoms with Crippen LogP contribution < -0.4 is 5.56 Å². The van der Waals surface area contributed by atoms with Gasteiger partial charge in [-0.25, -0.2) is 0 Å². The van der Waals surface area contributed by atoms with Gasteiger partial charge < -0.3 is 4.57 Å². The minimum Gasteiger partial charge on any atom is -0.311 e. The Kier molecular flexibility index (Phi) is 3.38. The minimum absolute atomic E-state index is 0.201. The number of pyridine rings is 1. The molecule has 0 radical (unpaired) electrons. The van der Waals surface area contributed by atoms with Crippen LogP contribution in [0, 0.1) is 13.8 Å². The quantitative estimate of drug-likeness (QED) is 0.774. The molecule has 0 spiro atoms. The second-order valence-corrected chi connectivity index (χ2v) is 4.87. The topological polar surface area (TPSA) is 39.1 Å². The van der Waals surface area contributed by atoms with Gasteiger partial charge >= 0.3 is 0 Å². The zero-order valence-electron chi connectivity index (χ0n) is 11.7. The lowest BCUT2D eigenvalue weighted by Crippen LogP contribution is -2.24. The third-order valence-electron chi connectivity index (χ3n) is 3.34. The molecule has 0 saturated carbocycles. The summed E-state index contributed by atoms with van der Waals surface area (Å²) in [6, 6.07) is 9.55. The molecule has 1 aromatic heterocycles. The third-order valence-corrected chi connectivity index (χ3v) is 3.34. The monoisotopic (exact) mass is 255 g/mol. The highest BCUT2D eigenvalue weighted by atomic mass is 16.1. The number of carbonyl (C=O) groups excluding carboxylic acids is 1. The number of Topliss-reactive ketones (excluding diaryl/α,β-unsaturated/α-hetero) is 1. The molecule has 0 aliphatic heterocycles. The molecule has 1 heterocycles. The average molecular weight is 255 g/mol. The van der Waals surface area contributed by atoms with Gasteiger partial charge in [0.15, 0.2) is 5.78 Å². The number of benzene rings is 1. The highest BCUT2D eigenvalue weighted by Gasteiger charge is 2.11. The summed E-state index contributed by atoms with van der Waals surface area (Å²) in [6.45, 7) is 5.47. The van der Waals surface area contributed by atoms with Gasteiger partial charge in [0.25, 0.3) is 5.56 Å². The second-order valence-electron chi connectivity index (χ2n) is 4.87. The fraction of sp³-hybridized carbons (Fsp3) is 0.250. The standard InChI is InChI=1S/C16H17NO2/c1-10-5-6-13(11(2)9-10)15-8-7-14(12(3)18)16(19)17(15)4/h5-9H,1-4H3. The van der Waals surface area contributed by atoms with Gasteiger partial charge in [-0.3, -0.25) is 9.59 Å². The van der Waals surface area contributed by atoms with Gasteiger partial charge in [-0.15, -0.1) is 0 Å². The number of nitrogens with zero attached hydrogens (tertiary/aromatic N) is 1. The first-order chi connectivity index (χ1) is 8.91. The molecule has 0 saturated heterocycles. The van der Waals surface area contributed by atoms with E-state index in [0.29, 0.717) is 0 Å². The Morgan fingerprint density at radius 2 is 1.79 bits per heavy atom. The first-order valence-corrected chi connectivity index (χ1v) is 6.20. The lowest BCUT2D eigenvalue weighted by atomic mass is 10.0. The molecule has 0 N–H and O–H groups in total. The average Bonchev–Trinajstić information content (AvgIpc) is 2.33. The molecule has 0 aliphatic rings. The molecular weight excluding hydrogens is 238 g/mol. The van der Waals surface area contributed by atoms with Gasteiger partial charge in [-0.1, -0.05) is 23.8 Å². The summed E-state index contributed by atoms with van der Waals surface area (Å²) in [7, 11) is 1.70. The molecular formula is C16H17NO2. The van der Waals surface area contributed by atoms with E-state index in [1.807, 2.05) is 32.0 Å². The number of hydrogen-bond donors (Lipinski definition) is 0. The smallest absolute Gasteiger partial charge is 0.261 e. The van der Waals surface area contributed by atoms with Gasteiger partial charge in [0.1, 0.15) is 0 Å². The van der Waals surface area contributed by atoms with E-state index >= 15 is 0 Å². The lowest BCUT2D eigenvalue weighted by Gasteiger charge is -2.12. The van der Waals surface area contributed by atoms with E-state index in [2.05, 4.69) is 6.07 Å². The van der Waals surface area contributed by atoms with Crippen molar-refractivity contribution in [1.82, 2.24) is 4.57 Å². The fourth-order valence-corrected chi connectivity index (χ4v) is 2.27. The number of rotatable bonds is 2. The van der Waals surface area contributed by atoms with Crippen LogP contribution in [-0.4, -0.2) is 10.4 Å². The predicted octanol–water partition coefficient (Wildman–Crippen LogP) is 2.87. The molecule has 0 bridgehead atoms. The van der Waals surface area contributed by atoms with Gasteiger partial charge in [0, 0.05) is 12.6 Å². The maximum absolute atomic E-state index is 12.1. The van der Waals surface area contributed by atoms with Crippen molar-refractivity contribution in [3.05, 3.63) is 57.4 Å². The minimum atomic E-state index is -0.245. The molecule has 1 aromatic carbocycles. The lowest BCUT2D eigenvalue weighted by molar-refractivity contribution is 0.101. The SMILES string of the molecule is CC(=O)c1ccc(-c2ccc(C)cc2C)n(C)c1=O. The Balaban J connectivity index is 2.68. The van der Waals surface area contributed by atoms with Crippen LogP contribution in [0.25, 0.3) is 11.3 Å². The highest BCUT2D eigenvalue weighted by molar-refractivity contribution is 5.94. The van der Waals surface area contributed by atoms with Crippen LogP contribution in [0.15, 0.2) is 35.1 Å². The molecule has 0 fully saturated rings. The number of aromatic nitrogens is 1. The molecule has 0 atom stereocenters. The third kappa shape index (κ3) is 2.36. The molecule has 2 rings (SSSR count). The largest absolute Gasteiger partial charge is 0.311 e. The number of aryl methyl sites for hydroxylation is 2. The van der Waals surface area contributed by atoms with Crippen LogP contribution in [0.2, 0.25) is 0 Å². The van der Waals surface area contributed by atoms with E-state index in [1.165, 1.54) is 17.1 Å². The Hall–Kier alpha value is -2.16. The van der Waals surface area contributed by atoms with Crippen molar-refractivity contribution >= 4 is 5.78 Å². The van der Waals surface area contributed by atoms with Crippen LogP contribution in [0.5, 0.6) is 0 Å². The Morgan fingerprint density at radius 3 is 2.37 bits per heavy atom. The van der Waals surface area contributed by atoms with E-state index in [-0.39, 0.29) is 16.9 Å². The molecule has 0 unspecified atom stereocenters. The Morgan fingerprint density at radius 1 is 1.11 bits per heavy atom. The van der Waals surface area contributed by atoms with Crippen LogP contribution in [0.3, 0.4) is 0 Å². The zero-order chi connectivity index (χ0) is 14.2. The Bertz CT molecular complexity index is 711. The maximum Gasteiger partial charge on any atom is 0.261 e. The molecule has 2 aromatic rings. The number of ketones is 1. The summed E-state index contributed by atoms with van der Waals surface area (Å²) < 4.78 is 1.54. The van der Waals surface area contributed by atoms with Gasteiger partial charge in [-0.2, -0.15) is 0 Å². The van der Waals surface area contributed by atoms with Crippen LogP contribution in [0.1, 0.15) is 28.4 Å². The summed E-state index contributed by atoms with van der Waals surface area (Å²) in [5.74, 6) is -0.201. The van der Waals surface area contributed by atoms with Gasteiger partial charge in [0.05, 0.1) is 11.3 Å². The van der Waals surface area contributed by atoms with Gasteiger partial charge in [-0.05, 0) is 38.5 Å². The first-order valence-electron chi connectivity index (χ1n) is 6.20. The van der Waals surface area contributed by atoms with Crippen LogP contribution in [0.4, 0.5) is 0 Å². The summed E-state index contributed by atoms with van der Waals surface area (Å²) in [4.78, 5) is 23.5. The molecule has 0 amide bonds. The molecule has 3 heteroatoms. The van der Waals surface area contributed by atoms with Crippen molar-refractivity contribution in [1.29, 1.82) is 0 Å². The van der Waals surface area contributed by atoms with Crippen molar-refractivity contribution in [2.45, 2.75) is 20.8 Å². The molecule has 3 nitrogen and oxygen atoms in total. The summed E-state index contributed by atoms with van der Waals surface area (Å²) in [5.41, 5.74) is 4.13. The number of carbonyl (C=O) groups is 1. The van der Waals surface area contributed by atoms with Gasteiger partial charge in [0.2, 0.25) is 0 Å².